The van der Waals surface area contributed by atoms with Gasteiger partial charge in [-0.3, -0.25) is 4.79 Å². The highest BCUT2D eigenvalue weighted by molar-refractivity contribution is 7.14. The van der Waals surface area contributed by atoms with E-state index < -0.39 is 0 Å². The van der Waals surface area contributed by atoms with Gasteiger partial charge in [0.05, 0.1) is 34.4 Å². The van der Waals surface area contributed by atoms with Crippen LogP contribution in [0.15, 0.2) is 36.7 Å². The first kappa shape index (κ1) is 24.0. The fourth-order valence-electron chi connectivity index (χ4n) is 4.50. The summed E-state index contributed by atoms with van der Waals surface area (Å²) in [5.74, 6) is 0.0953. The predicted octanol–water partition coefficient (Wildman–Crippen LogP) is 3.87. The average Bonchev–Trinajstić information content (AvgIpc) is 3.37. The largest absolute Gasteiger partial charge is 0.370 e. The Hall–Kier alpha value is -1.64. The molecule has 0 saturated carbocycles. The summed E-state index contributed by atoms with van der Waals surface area (Å²) in [5.41, 5.74) is 3.15. The molecule has 1 N–H and O–H groups in total. The third-order valence-corrected chi connectivity index (χ3v) is 7.36. The molecule has 168 valence electrons. The van der Waals surface area contributed by atoms with Gasteiger partial charge >= 0.3 is 0 Å². The van der Waals surface area contributed by atoms with E-state index in [4.69, 9.17) is 4.74 Å². The van der Waals surface area contributed by atoms with Crippen LogP contribution in [0.4, 0.5) is 0 Å². The molecule has 1 fully saturated rings. The molecule has 0 bridgehead atoms. The molecule has 1 saturated heterocycles. The zero-order valence-electron chi connectivity index (χ0n) is 17.5. The van der Waals surface area contributed by atoms with Crippen LogP contribution in [-0.4, -0.2) is 53.6 Å². The van der Waals surface area contributed by atoms with Gasteiger partial charge in [0.25, 0.3) is 5.91 Å². The van der Waals surface area contributed by atoms with E-state index in [2.05, 4.69) is 27.0 Å². The van der Waals surface area contributed by atoms with E-state index in [1.807, 2.05) is 36.5 Å². The SMILES string of the molecule is CN(CCn1cnc2ccccc21)C(=O)c1cc2c(s1)CCOC21CCNCC1.Cl.Cl. The minimum absolute atomic E-state index is 0. The van der Waals surface area contributed by atoms with E-state index in [0.717, 1.165) is 61.4 Å². The Kier molecular flexibility index (Phi) is 7.65. The third kappa shape index (κ3) is 4.47. The zero-order chi connectivity index (χ0) is 19.8. The Labute approximate surface area is 198 Å². The number of fused-ring (bicyclic) bond motifs is 3. The lowest BCUT2D eigenvalue weighted by atomic mass is 9.83. The number of nitrogens with one attached hydrogen (secondary N) is 1. The zero-order valence-corrected chi connectivity index (χ0v) is 20.0. The molecule has 9 heteroatoms. The van der Waals surface area contributed by atoms with Crippen molar-refractivity contribution >= 4 is 53.1 Å². The number of hydrogen-bond acceptors (Lipinski definition) is 5. The second kappa shape index (κ2) is 9.88. The number of thiophene rings is 1. The van der Waals surface area contributed by atoms with Crippen molar-refractivity contribution in [2.75, 3.05) is 33.3 Å². The number of para-hydroxylation sites is 2. The summed E-state index contributed by atoms with van der Waals surface area (Å²) in [7, 11) is 1.89. The van der Waals surface area contributed by atoms with Crippen LogP contribution < -0.4 is 5.32 Å². The number of likely N-dealkylation sites (N-methyl/N-ethyl adjacent to an activating group) is 1. The number of carbonyl (C=O) groups is 1. The van der Waals surface area contributed by atoms with Crippen LogP contribution in [0, 0.1) is 0 Å². The number of rotatable bonds is 4. The van der Waals surface area contributed by atoms with Gasteiger partial charge < -0.3 is 19.5 Å². The van der Waals surface area contributed by atoms with Gasteiger partial charge in [0.15, 0.2) is 0 Å². The Morgan fingerprint density at radius 1 is 1.29 bits per heavy atom. The summed E-state index contributed by atoms with van der Waals surface area (Å²) in [6.45, 7) is 4.07. The highest BCUT2D eigenvalue weighted by atomic mass is 35.5. The first-order valence-corrected chi connectivity index (χ1v) is 11.1. The average molecular weight is 483 g/mol. The Bertz CT molecular complexity index is 1050. The maximum atomic E-state index is 13.1. The van der Waals surface area contributed by atoms with Crippen LogP contribution in [0.3, 0.4) is 0 Å². The van der Waals surface area contributed by atoms with E-state index in [1.54, 1.807) is 11.3 Å². The lowest BCUT2D eigenvalue weighted by Crippen LogP contribution is -2.44. The van der Waals surface area contributed by atoms with Gasteiger partial charge in [0, 0.05) is 31.4 Å². The smallest absolute Gasteiger partial charge is 0.263 e. The van der Waals surface area contributed by atoms with Crippen LogP contribution in [-0.2, 0) is 23.3 Å². The van der Waals surface area contributed by atoms with E-state index in [1.165, 1.54) is 10.4 Å². The number of imidazole rings is 1. The van der Waals surface area contributed by atoms with Crippen molar-refractivity contribution in [2.45, 2.75) is 31.4 Å². The lowest BCUT2D eigenvalue weighted by Gasteiger charge is -2.40. The quantitative estimate of drug-likeness (QED) is 0.612. The number of aromatic nitrogens is 2. The molecule has 31 heavy (non-hydrogen) atoms. The molecule has 4 heterocycles. The van der Waals surface area contributed by atoms with E-state index in [9.17, 15) is 4.79 Å². The number of ether oxygens (including phenoxy) is 1. The molecule has 1 aromatic carbocycles. The second-order valence-electron chi connectivity index (χ2n) is 7.94. The first-order valence-electron chi connectivity index (χ1n) is 10.3. The Morgan fingerprint density at radius 3 is 2.87 bits per heavy atom. The number of piperidine rings is 1. The van der Waals surface area contributed by atoms with Gasteiger partial charge in [-0.15, -0.1) is 36.2 Å². The van der Waals surface area contributed by atoms with E-state index in [0.29, 0.717) is 6.54 Å². The van der Waals surface area contributed by atoms with Crippen molar-refractivity contribution < 1.29 is 9.53 Å². The van der Waals surface area contributed by atoms with Gasteiger partial charge in [-0.1, -0.05) is 12.1 Å². The van der Waals surface area contributed by atoms with Crippen molar-refractivity contribution in [2.24, 2.45) is 0 Å². The molecule has 0 atom stereocenters. The second-order valence-corrected chi connectivity index (χ2v) is 9.08. The molecule has 2 aliphatic heterocycles. The number of benzene rings is 1. The summed E-state index contributed by atoms with van der Waals surface area (Å²) in [6.07, 6.45) is 4.72. The number of hydrogen-bond donors (Lipinski definition) is 1. The highest BCUT2D eigenvalue weighted by Gasteiger charge is 2.40. The molecule has 6 nitrogen and oxygen atoms in total. The van der Waals surface area contributed by atoms with Crippen molar-refractivity contribution in [3.8, 4) is 0 Å². The summed E-state index contributed by atoms with van der Waals surface area (Å²) in [4.78, 5) is 21.5. The number of carbonyl (C=O) groups excluding carboxylic acids is 1. The fraction of sp³-hybridized carbons (Fsp3) is 0.455. The number of amides is 1. The maximum absolute atomic E-state index is 13.1. The maximum Gasteiger partial charge on any atom is 0.263 e. The summed E-state index contributed by atoms with van der Waals surface area (Å²) in [6, 6.07) is 10.2. The van der Waals surface area contributed by atoms with Gasteiger partial charge in [-0.2, -0.15) is 0 Å². The van der Waals surface area contributed by atoms with Gasteiger partial charge in [-0.05, 0) is 49.7 Å². The first-order chi connectivity index (χ1) is 14.2. The highest BCUT2D eigenvalue weighted by Crippen LogP contribution is 2.43. The molecular formula is C22H28Cl2N4O2S. The molecule has 5 rings (SSSR count). The third-order valence-electron chi connectivity index (χ3n) is 6.18. The molecule has 0 radical (unpaired) electrons. The lowest BCUT2D eigenvalue weighted by molar-refractivity contribution is -0.0792. The summed E-state index contributed by atoms with van der Waals surface area (Å²) < 4.78 is 8.36. The van der Waals surface area contributed by atoms with Crippen molar-refractivity contribution in [1.82, 2.24) is 19.8 Å². The van der Waals surface area contributed by atoms with Gasteiger partial charge in [0.1, 0.15) is 0 Å². The Morgan fingerprint density at radius 2 is 2.06 bits per heavy atom. The molecule has 0 aliphatic carbocycles. The molecular weight excluding hydrogens is 455 g/mol. The van der Waals surface area contributed by atoms with Crippen molar-refractivity contribution in [3.63, 3.8) is 0 Å². The van der Waals surface area contributed by atoms with Gasteiger partial charge in [-0.25, -0.2) is 4.98 Å². The van der Waals surface area contributed by atoms with Crippen LogP contribution >= 0.6 is 36.2 Å². The van der Waals surface area contributed by atoms with Crippen LogP contribution in [0.2, 0.25) is 0 Å². The molecule has 2 aromatic heterocycles. The topological polar surface area (TPSA) is 59.4 Å². The van der Waals surface area contributed by atoms with Gasteiger partial charge in [0.2, 0.25) is 0 Å². The van der Waals surface area contributed by atoms with Crippen molar-refractivity contribution in [3.05, 3.63) is 52.0 Å². The molecule has 3 aromatic rings. The predicted molar refractivity (Wildman–Crippen MR) is 129 cm³/mol. The van der Waals surface area contributed by atoms with Crippen molar-refractivity contribution in [1.29, 1.82) is 0 Å². The Balaban J connectivity index is 0.00000136. The van der Waals surface area contributed by atoms with Crippen LogP contribution in [0.25, 0.3) is 11.0 Å². The molecule has 1 amide bonds. The standard InChI is InChI=1S/C22H26N4O2S.2ClH/c1-25(11-12-26-15-24-17-4-2-3-5-18(17)26)21(27)20-14-16-19(29-20)6-13-28-22(16)7-9-23-10-8-22;;/h2-5,14-15,23H,6-13H2,1H3;2*1H. The fourth-order valence-corrected chi connectivity index (χ4v) is 5.73. The molecule has 1 spiro atoms. The number of halogens is 2. The summed E-state index contributed by atoms with van der Waals surface area (Å²) in [5, 5.41) is 3.42. The minimum Gasteiger partial charge on any atom is -0.370 e. The van der Waals surface area contributed by atoms with E-state index in [-0.39, 0.29) is 36.3 Å². The van der Waals surface area contributed by atoms with Crippen LogP contribution in [0.1, 0.15) is 33.0 Å². The van der Waals surface area contributed by atoms with Crippen LogP contribution in [0.5, 0.6) is 0 Å². The monoisotopic (exact) mass is 482 g/mol. The number of nitrogens with zero attached hydrogens (tertiary/aromatic N) is 3. The molecule has 0 unspecified atom stereocenters. The normalized spacial score (nSPS) is 16.9. The summed E-state index contributed by atoms with van der Waals surface area (Å²) >= 11 is 1.65. The van der Waals surface area contributed by atoms with E-state index >= 15 is 0 Å². The molecule has 2 aliphatic rings. The minimum atomic E-state index is -0.192.